The Labute approximate surface area is 237 Å². The normalized spacial score (nSPS) is 15.2. The SMILES string of the molecule is CC(C)c1cc2c(=O)c3c4ccc(C#N)cc4[nH]c3n(C3CCN(C)CC3)c2cc1-c1cccc(OS(=O)(=O)F)c1. The number of benzene rings is 3. The predicted molar refractivity (Wildman–Crippen MR) is 158 cm³/mol. The zero-order valence-electron chi connectivity index (χ0n) is 22.9. The minimum atomic E-state index is -5.18. The second-order valence-electron chi connectivity index (χ2n) is 11.1. The molecule has 3 heterocycles. The minimum absolute atomic E-state index is 0.0249. The van der Waals surface area contributed by atoms with Gasteiger partial charge in [-0.1, -0.05) is 35.9 Å². The molecule has 0 radical (unpaired) electrons. The van der Waals surface area contributed by atoms with Gasteiger partial charge in [0.1, 0.15) is 11.4 Å². The summed E-state index contributed by atoms with van der Waals surface area (Å²) in [5, 5.41) is 11.4. The van der Waals surface area contributed by atoms with Crippen LogP contribution in [0.2, 0.25) is 0 Å². The van der Waals surface area contributed by atoms with Crippen molar-refractivity contribution in [2.45, 2.75) is 38.6 Å². The Bertz CT molecular complexity index is 2050. The van der Waals surface area contributed by atoms with Crippen molar-refractivity contribution in [3.8, 4) is 22.9 Å². The van der Waals surface area contributed by atoms with Gasteiger partial charge in [-0.2, -0.15) is 13.7 Å². The Hall–Kier alpha value is -4.20. The summed E-state index contributed by atoms with van der Waals surface area (Å²) < 4.78 is 42.4. The highest BCUT2D eigenvalue weighted by Crippen LogP contribution is 2.38. The maximum atomic E-state index is 14.2. The number of fused-ring (bicyclic) bond motifs is 4. The number of hydrogen-bond donors (Lipinski definition) is 1. The number of aromatic amines is 1. The lowest BCUT2D eigenvalue weighted by Gasteiger charge is -2.32. The second-order valence-corrected chi connectivity index (χ2v) is 12.0. The number of likely N-dealkylation sites (tertiary alicyclic amines) is 1. The van der Waals surface area contributed by atoms with E-state index in [9.17, 15) is 22.4 Å². The number of hydrogen-bond acceptors (Lipinski definition) is 6. The van der Waals surface area contributed by atoms with E-state index in [2.05, 4.69) is 31.8 Å². The molecule has 6 rings (SSSR count). The molecule has 0 spiro atoms. The summed E-state index contributed by atoms with van der Waals surface area (Å²) in [6.07, 6.45) is 1.78. The van der Waals surface area contributed by atoms with E-state index >= 15 is 0 Å². The van der Waals surface area contributed by atoms with Gasteiger partial charge >= 0.3 is 10.5 Å². The van der Waals surface area contributed by atoms with Crippen LogP contribution in [-0.2, 0) is 10.5 Å². The third kappa shape index (κ3) is 4.85. The number of nitriles is 1. The van der Waals surface area contributed by atoms with Crippen molar-refractivity contribution < 1.29 is 16.5 Å². The average molecular weight is 573 g/mol. The van der Waals surface area contributed by atoms with Crippen LogP contribution in [0.25, 0.3) is 44.0 Å². The minimum Gasteiger partial charge on any atom is -0.358 e. The third-order valence-corrected chi connectivity index (χ3v) is 8.46. The van der Waals surface area contributed by atoms with E-state index in [0.29, 0.717) is 27.5 Å². The number of nitrogens with one attached hydrogen (secondary N) is 1. The monoisotopic (exact) mass is 572 g/mol. The summed E-state index contributed by atoms with van der Waals surface area (Å²) in [6.45, 7) is 5.87. The maximum Gasteiger partial charge on any atom is 0.488 e. The molecule has 5 aromatic rings. The first-order chi connectivity index (χ1) is 19.5. The summed E-state index contributed by atoms with van der Waals surface area (Å²) in [6, 6.07) is 17.9. The quantitative estimate of drug-likeness (QED) is 0.253. The first-order valence-corrected chi connectivity index (χ1v) is 14.9. The number of rotatable bonds is 5. The molecule has 41 heavy (non-hydrogen) atoms. The van der Waals surface area contributed by atoms with Crippen molar-refractivity contribution in [1.29, 1.82) is 5.26 Å². The van der Waals surface area contributed by atoms with Gasteiger partial charge in [-0.15, -0.1) is 0 Å². The van der Waals surface area contributed by atoms with Gasteiger partial charge < -0.3 is 18.6 Å². The predicted octanol–water partition coefficient (Wildman–Crippen LogP) is 6.16. The van der Waals surface area contributed by atoms with E-state index in [1.165, 1.54) is 12.1 Å². The van der Waals surface area contributed by atoms with Gasteiger partial charge in [0.2, 0.25) is 0 Å². The molecule has 3 aromatic carbocycles. The Morgan fingerprint density at radius 3 is 2.51 bits per heavy atom. The van der Waals surface area contributed by atoms with Crippen LogP contribution < -0.4 is 9.61 Å². The largest absolute Gasteiger partial charge is 0.488 e. The molecule has 0 unspecified atom stereocenters. The van der Waals surface area contributed by atoms with Crippen LogP contribution in [0.4, 0.5) is 3.89 Å². The van der Waals surface area contributed by atoms with Gasteiger partial charge in [0.25, 0.3) is 0 Å². The van der Waals surface area contributed by atoms with E-state index in [-0.39, 0.29) is 23.1 Å². The highest BCUT2D eigenvalue weighted by Gasteiger charge is 2.26. The number of aromatic nitrogens is 2. The zero-order chi connectivity index (χ0) is 29.1. The summed E-state index contributed by atoms with van der Waals surface area (Å²) in [5.74, 6) is -0.108. The van der Waals surface area contributed by atoms with E-state index in [4.69, 9.17) is 0 Å². The van der Waals surface area contributed by atoms with Gasteiger partial charge in [0, 0.05) is 22.3 Å². The van der Waals surface area contributed by atoms with Crippen LogP contribution in [0, 0.1) is 11.3 Å². The summed E-state index contributed by atoms with van der Waals surface area (Å²) in [4.78, 5) is 20.0. The summed E-state index contributed by atoms with van der Waals surface area (Å²) in [5.41, 5.74) is 4.97. The molecule has 2 aromatic heterocycles. The van der Waals surface area contributed by atoms with E-state index < -0.39 is 10.5 Å². The van der Waals surface area contributed by atoms with Crippen molar-refractivity contribution in [2.24, 2.45) is 0 Å². The maximum absolute atomic E-state index is 14.2. The molecule has 0 bridgehead atoms. The van der Waals surface area contributed by atoms with E-state index in [1.807, 2.05) is 38.1 Å². The fourth-order valence-corrected chi connectivity index (χ4v) is 6.43. The molecule has 1 aliphatic heterocycles. The number of halogens is 1. The van der Waals surface area contributed by atoms with Gasteiger partial charge in [0.05, 0.1) is 22.5 Å². The van der Waals surface area contributed by atoms with Crippen molar-refractivity contribution in [2.75, 3.05) is 20.1 Å². The molecule has 210 valence electrons. The average Bonchev–Trinajstić information content (AvgIpc) is 3.31. The van der Waals surface area contributed by atoms with Crippen LogP contribution in [0.1, 0.15) is 49.8 Å². The summed E-state index contributed by atoms with van der Waals surface area (Å²) >= 11 is 0. The number of pyridine rings is 1. The third-order valence-electron chi connectivity index (χ3n) is 8.06. The Morgan fingerprint density at radius 1 is 1.07 bits per heavy atom. The highest BCUT2D eigenvalue weighted by molar-refractivity contribution is 7.81. The van der Waals surface area contributed by atoms with Gasteiger partial charge in [-0.25, -0.2) is 0 Å². The smallest absolute Gasteiger partial charge is 0.358 e. The molecule has 1 aliphatic rings. The molecule has 1 saturated heterocycles. The van der Waals surface area contributed by atoms with Gasteiger partial charge in [-0.05, 0) is 92.0 Å². The molecule has 0 atom stereocenters. The van der Waals surface area contributed by atoms with Crippen molar-refractivity contribution in [3.05, 3.63) is 75.9 Å². The number of nitrogens with zero attached hydrogens (tertiary/aromatic N) is 3. The second kappa shape index (κ2) is 10.0. The van der Waals surface area contributed by atoms with Crippen LogP contribution in [0.5, 0.6) is 5.75 Å². The zero-order valence-corrected chi connectivity index (χ0v) is 23.8. The van der Waals surface area contributed by atoms with E-state index in [1.54, 1.807) is 18.2 Å². The number of H-pyrrole nitrogens is 1. The molecular formula is C31H29FN4O4S. The van der Waals surface area contributed by atoms with E-state index in [0.717, 1.165) is 53.5 Å². The van der Waals surface area contributed by atoms with Crippen LogP contribution in [0.3, 0.4) is 0 Å². The molecule has 1 N–H and O–H groups in total. The van der Waals surface area contributed by atoms with Crippen molar-refractivity contribution >= 4 is 43.3 Å². The molecule has 1 fully saturated rings. The molecular weight excluding hydrogens is 543 g/mol. The fourth-order valence-electron chi connectivity index (χ4n) is 6.10. The van der Waals surface area contributed by atoms with Gasteiger partial charge in [-0.3, -0.25) is 4.79 Å². The standard InChI is InChI=1S/C31H29FN4O4S/c1-18(2)24-15-26-28(16-25(24)20-5-4-6-22(14-20)40-41(32,38)39)36(21-9-11-35(3)12-10-21)31-29(30(26)37)23-8-7-19(17-33)13-27(23)34-31/h4-8,13-16,18,21,34H,9-12H2,1-3H3. The topological polar surface area (TPSA) is 108 Å². The van der Waals surface area contributed by atoms with Crippen LogP contribution in [-0.4, -0.2) is 43.0 Å². The van der Waals surface area contributed by atoms with Crippen LogP contribution >= 0.6 is 0 Å². The Kier molecular flexibility index (Phi) is 6.59. The lowest BCUT2D eigenvalue weighted by Crippen LogP contribution is -2.32. The summed E-state index contributed by atoms with van der Waals surface area (Å²) in [7, 11) is -3.09. The number of piperidine rings is 1. The Morgan fingerprint density at radius 2 is 1.83 bits per heavy atom. The van der Waals surface area contributed by atoms with Gasteiger partial charge in [0.15, 0.2) is 5.43 Å². The molecule has 0 amide bonds. The Balaban J connectivity index is 1.70. The van der Waals surface area contributed by atoms with Crippen molar-refractivity contribution in [1.82, 2.24) is 14.5 Å². The molecule has 8 nitrogen and oxygen atoms in total. The highest BCUT2D eigenvalue weighted by atomic mass is 32.3. The molecule has 10 heteroatoms. The molecule has 0 saturated carbocycles. The lowest BCUT2D eigenvalue weighted by molar-refractivity contribution is 0.226. The van der Waals surface area contributed by atoms with Crippen molar-refractivity contribution in [3.63, 3.8) is 0 Å². The molecule has 0 aliphatic carbocycles. The first kappa shape index (κ1) is 27.0. The fraction of sp³-hybridized carbons (Fsp3) is 0.290. The van der Waals surface area contributed by atoms with Crippen LogP contribution in [0.15, 0.2) is 59.4 Å². The lowest BCUT2D eigenvalue weighted by atomic mass is 9.90. The first-order valence-electron chi connectivity index (χ1n) is 13.5.